The molecular formula is C29H40N2O2. The molecule has 1 aliphatic carbocycles. The van der Waals surface area contributed by atoms with Gasteiger partial charge >= 0.3 is 0 Å². The van der Waals surface area contributed by atoms with Crippen LogP contribution >= 0.6 is 0 Å². The summed E-state index contributed by atoms with van der Waals surface area (Å²) in [5, 5.41) is 0. The van der Waals surface area contributed by atoms with Crippen LogP contribution in [0.25, 0.3) is 11.1 Å². The van der Waals surface area contributed by atoms with Gasteiger partial charge < -0.3 is 9.47 Å². The second-order valence-corrected chi connectivity index (χ2v) is 10.6. The smallest absolute Gasteiger partial charge is 0.119 e. The van der Waals surface area contributed by atoms with Crippen molar-refractivity contribution in [2.75, 3.05) is 52.5 Å². The molecule has 2 heterocycles. The van der Waals surface area contributed by atoms with Crippen LogP contribution in [0.3, 0.4) is 0 Å². The minimum atomic E-state index is 0.772. The molecule has 178 valence electrons. The predicted octanol–water partition coefficient (Wildman–Crippen LogP) is 5.48. The number of benzene rings is 2. The van der Waals surface area contributed by atoms with E-state index in [2.05, 4.69) is 60.0 Å². The van der Waals surface area contributed by atoms with Crippen molar-refractivity contribution < 1.29 is 9.47 Å². The number of nitrogens with zero attached hydrogens (tertiary/aromatic N) is 2. The van der Waals surface area contributed by atoms with E-state index in [0.29, 0.717) is 0 Å². The van der Waals surface area contributed by atoms with Crippen LogP contribution < -0.4 is 9.47 Å². The highest BCUT2D eigenvalue weighted by molar-refractivity contribution is 5.78. The fourth-order valence-corrected chi connectivity index (χ4v) is 5.50. The Morgan fingerprint density at radius 1 is 0.667 bits per heavy atom. The van der Waals surface area contributed by atoms with Crippen molar-refractivity contribution in [3.05, 3.63) is 47.5 Å². The molecule has 5 rings (SSSR count). The van der Waals surface area contributed by atoms with Gasteiger partial charge in [0.2, 0.25) is 0 Å². The summed E-state index contributed by atoms with van der Waals surface area (Å²) < 4.78 is 12.3. The van der Waals surface area contributed by atoms with Crippen molar-refractivity contribution in [3.63, 3.8) is 0 Å². The molecule has 0 atom stereocenters. The van der Waals surface area contributed by atoms with E-state index >= 15 is 0 Å². The van der Waals surface area contributed by atoms with Crippen molar-refractivity contribution >= 4 is 0 Å². The van der Waals surface area contributed by atoms with Crippen LogP contribution in [0.5, 0.6) is 11.5 Å². The van der Waals surface area contributed by atoms with Crippen LogP contribution in [-0.4, -0.2) is 62.3 Å². The average molecular weight is 449 g/mol. The molecule has 4 nitrogen and oxygen atoms in total. The van der Waals surface area contributed by atoms with Crippen molar-refractivity contribution in [1.29, 1.82) is 0 Å². The first-order valence-corrected chi connectivity index (χ1v) is 13.1. The zero-order valence-electron chi connectivity index (χ0n) is 20.5. The summed E-state index contributed by atoms with van der Waals surface area (Å²) >= 11 is 0. The Bertz CT molecular complexity index is 852. The summed E-state index contributed by atoms with van der Waals surface area (Å²) in [5.41, 5.74) is 5.43. The van der Waals surface area contributed by atoms with Crippen molar-refractivity contribution in [2.24, 2.45) is 11.8 Å². The molecule has 2 aromatic rings. The molecule has 2 saturated heterocycles. The highest BCUT2D eigenvalue weighted by Crippen LogP contribution is 2.39. The number of likely N-dealkylation sites (tertiary alicyclic amines) is 2. The Morgan fingerprint density at radius 2 is 1.09 bits per heavy atom. The molecule has 2 aliphatic heterocycles. The fourth-order valence-electron chi connectivity index (χ4n) is 5.50. The Labute approximate surface area is 199 Å². The van der Waals surface area contributed by atoms with E-state index in [0.717, 1.165) is 56.1 Å². The maximum atomic E-state index is 6.13. The third-order valence-electron chi connectivity index (χ3n) is 7.93. The SMILES string of the molecule is CC1CCN(CCOc2ccc3c(c2)Cc2cc(OCCN4CCC(C)CC4)ccc2-3)CC1. The Balaban J connectivity index is 1.11. The second kappa shape index (κ2) is 10.5. The van der Waals surface area contributed by atoms with E-state index in [1.807, 2.05) is 0 Å². The Hall–Kier alpha value is -2.04. The molecule has 4 heteroatoms. The standard InChI is InChI=1S/C29H40N2O2/c1-22-7-11-30(12-8-22)15-17-32-26-3-5-28-24(20-26)19-25-21-27(4-6-29(25)28)33-18-16-31-13-9-23(2)10-14-31/h3-6,20-23H,7-19H2,1-2H3. The third-order valence-corrected chi connectivity index (χ3v) is 7.93. The quantitative estimate of drug-likeness (QED) is 0.456. The van der Waals surface area contributed by atoms with Gasteiger partial charge in [0, 0.05) is 13.1 Å². The monoisotopic (exact) mass is 448 g/mol. The Morgan fingerprint density at radius 3 is 1.52 bits per heavy atom. The van der Waals surface area contributed by atoms with Gasteiger partial charge in [-0.1, -0.05) is 26.0 Å². The lowest BCUT2D eigenvalue weighted by molar-refractivity contribution is 0.160. The molecule has 0 spiro atoms. The molecule has 0 unspecified atom stereocenters. The van der Waals surface area contributed by atoms with E-state index in [1.54, 1.807) is 0 Å². The van der Waals surface area contributed by atoms with Gasteiger partial charge in [0.25, 0.3) is 0 Å². The molecule has 0 amide bonds. The predicted molar refractivity (Wildman–Crippen MR) is 135 cm³/mol. The van der Waals surface area contributed by atoms with Gasteiger partial charge in [-0.2, -0.15) is 0 Å². The lowest BCUT2D eigenvalue weighted by Gasteiger charge is -2.29. The molecule has 0 N–H and O–H groups in total. The van der Waals surface area contributed by atoms with Gasteiger partial charge in [0.05, 0.1) is 0 Å². The highest BCUT2D eigenvalue weighted by atomic mass is 16.5. The van der Waals surface area contributed by atoms with Crippen molar-refractivity contribution in [1.82, 2.24) is 9.80 Å². The number of ether oxygens (including phenoxy) is 2. The molecule has 3 aliphatic rings. The van der Waals surface area contributed by atoms with Gasteiger partial charge in [0.1, 0.15) is 24.7 Å². The minimum absolute atomic E-state index is 0.772. The number of fused-ring (bicyclic) bond motifs is 3. The van der Waals surface area contributed by atoms with E-state index in [9.17, 15) is 0 Å². The molecule has 0 radical (unpaired) electrons. The van der Waals surface area contributed by atoms with Crippen molar-refractivity contribution in [2.45, 2.75) is 46.0 Å². The first-order valence-electron chi connectivity index (χ1n) is 13.1. The largest absolute Gasteiger partial charge is 0.492 e. The number of piperidine rings is 2. The molecule has 0 saturated carbocycles. The van der Waals surface area contributed by atoms with Gasteiger partial charge in [-0.3, -0.25) is 9.80 Å². The molecule has 2 aromatic carbocycles. The molecule has 33 heavy (non-hydrogen) atoms. The fraction of sp³-hybridized carbons (Fsp3) is 0.586. The van der Waals surface area contributed by atoms with E-state index in [1.165, 1.54) is 74.1 Å². The second-order valence-electron chi connectivity index (χ2n) is 10.6. The molecular weight excluding hydrogens is 408 g/mol. The van der Waals surface area contributed by atoms with E-state index in [4.69, 9.17) is 9.47 Å². The minimum Gasteiger partial charge on any atom is -0.492 e. The zero-order valence-corrected chi connectivity index (χ0v) is 20.5. The summed E-state index contributed by atoms with van der Waals surface area (Å²) in [5.74, 6) is 3.76. The highest BCUT2D eigenvalue weighted by Gasteiger charge is 2.21. The molecule has 0 bridgehead atoms. The number of hydrogen-bond acceptors (Lipinski definition) is 4. The Kier molecular flexibility index (Phi) is 7.22. The number of hydrogen-bond donors (Lipinski definition) is 0. The average Bonchev–Trinajstić information content (AvgIpc) is 3.18. The summed E-state index contributed by atoms with van der Waals surface area (Å²) in [7, 11) is 0. The van der Waals surface area contributed by atoms with Crippen LogP contribution in [0, 0.1) is 11.8 Å². The normalized spacial score (nSPS) is 19.9. The summed E-state index contributed by atoms with van der Waals surface area (Å²) in [6.07, 6.45) is 6.24. The van der Waals surface area contributed by atoms with Crippen LogP contribution in [0.4, 0.5) is 0 Å². The van der Waals surface area contributed by atoms with Gasteiger partial charge in [-0.15, -0.1) is 0 Å². The van der Waals surface area contributed by atoms with Gasteiger partial charge in [0.15, 0.2) is 0 Å². The van der Waals surface area contributed by atoms with Crippen LogP contribution in [-0.2, 0) is 6.42 Å². The van der Waals surface area contributed by atoms with Crippen LogP contribution in [0.2, 0.25) is 0 Å². The summed E-state index contributed by atoms with van der Waals surface area (Å²) in [6.45, 7) is 13.2. The van der Waals surface area contributed by atoms with Gasteiger partial charge in [-0.05, 0) is 117 Å². The number of rotatable bonds is 8. The van der Waals surface area contributed by atoms with E-state index < -0.39 is 0 Å². The maximum Gasteiger partial charge on any atom is 0.119 e. The summed E-state index contributed by atoms with van der Waals surface area (Å²) in [4.78, 5) is 5.08. The van der Waals surface area contributed by atoms with Gasteiger partial charge in [-0.25, -0.2) is 0 Å². The molecule has 0 aromatic heterocycles. The van der Waals surface area contributed by atoms with Crippen LogP contribution in [0.15, 0.2) is 36.4 Å². The maximum absolute atomic E-state index is 6.13. The first-order chi connectivity index (χ1) is 16.1. The third kappa shape index (κ3) is 5.73. The molecule has 2 fully saturated rings. The lowest BCUT2D eigenvalue weighted by atomic mass is 9.99. The zero-order chi connectivity index (χ0) is 22.6. The topological polar surface area (TPSA) is 24.9 Å². The van der Waals surface area contributed by atoms with E-state index in [-0.39, 0.29) is 0 Å². The first kappa shape index (κ1) is 22.7. The van der Waals surface area contributed by atoms with Crippen LogP contribution in [0.1, 0.15) is 50.7 Å². The van der Waals surface area contributed by atoms with Crippen molar-refractivity contribution in [3.8, 4) is 22.6 Å². The summed E-state index contributed by atoms with van der Waals surface area (Å²) in [6, 6.07) is 13.2. The lowest BCUT2D eigenvalue weighted by Crippen LogP contribution is -2.35.